The van der Waals surface area contributed by atoms with Crippen molar-refractivity contribution in [1.82, 2.24) is 4.48 Å². The van der Waals surface area contributed by atoms with Gasteiger partial charge in [-0.1, -0.05) is 41.4 Å². The van der Waals surface area contributed by atoms with Crippen molar-refractivity contribution in [2.45, 2.75) is 13.3 Å². The van der Waals surface area contributed by atoms with Crippen LogP contribution in [0.25, 0.3) is 0 Å². The van der Waals surface area contributed by atoms with Crippen LogP contribution in [0.15, 0.2) is 64.7 Å². The SMILES string of the molecule is CCOC(=O)CCOC(=O)c1ccc([N+]2(c3ccccc3)C(=O)C(Cl)=C(Cl)C2=O)cc1. The first-order valence-electron chi connectivity index (χ1n) is 9.37. The van der Waals surface area contributed by atoms with Crippen molar-refractivity contribution in [2.24, 2.45) is 0 Å². The van der Waals surface area contributed by atoms with Gasteiger partial charge in [0, 0.05) is 24.3 Å². The molecule has 1 aliphatic rings. The number of halogens is 2. The zero-order chi connectivity index (χ0) is 22.6. The lowest BCUT2D eigenvalue weighted by atomic mass is 10.1. The van der Waals surface area contributed by atoms with Gasteiger partial charge < -0.3 is 9.47 Å². The number of nitrogens with zero attached hydrogens (tertiary/aromatic N) is 1. The lowest BCUT2D eigenvalue weighted by Gasteiger charge is -2.27. The Kier molecular flexibility index (Phi) is 6.90. The molecule has 3 rings (SSSR count). The molecule has 0 unspecified atom stereocenters. The number of carbonyl (C=O) groups is 4. The number of para-hydroxylation sites is 1. The van der Waals surface area contributed by atoms with Gasteiger partial charge >= 0.3 is 23.8 Å². The van der Waals surface area contributed by atoms with Crippen molar-refractivity contribution >= 4 is 58.3 Å². The monoisotopic (exact) mass is 462 g/mol. The summed E-state index contributed by atoms with van der Waals surface area (Å²) in [6, 6.07) is 14.1. The van der Waals surface area contributed by atoms with Gasteiger partial charge in [0.25, 0.3) is 0 Å². The van der Waals surface area contributed by atoms with Crippen LogP contribution in [0, 0.1) is 0 Å². The summed E-state index contributed by atoms with van der Waals surface area (Å²) in [5.74, 6) is -2.50. The molecular weight excluding hydrogens is 445 g/mol. The van der Waals surface area contributed by atoms with E-state index in [0.29, 0.717) is 5.69 Å². The van der Waals surface area contributed by atoms with Crippen molar-refractivity contribution in [3.63, 3.8) is 0 Å². The van der Waals surface area contributed by atoms with Gasteiger partial charge in [-0.3, -0.25) is 4.79 Å². The van der Waals surface area contributed by atoms with Crippen LogP contribution in [0.3, 0.4) is 0 Å². The van der Waals surface area contributed by atoms with Crippen LogP contribution < -0.4 is 4.48 Å². The molecule has 2 amide bonds. The lowest BCUT2D eigenvalue weighted by Crippen LogP contribution is -2.50. The number of benzene rings is 2. The quantitative estimate of drug-likeness (QED) is 0.348. The molecule has 9 heteroatoms. The molecule has 2 aromatic carbocycles. The topological polar surface area (TPSA) is 86.7 Å². The third-order valence-corrected chi connectivity index (χ3v) is 5.45. The van der Waals surface area contributed by atoms with Crippen LogP contribution >= 0.6 is 23.2 Å². The Morgan fingerprint density at radius 3 is 1.94 bits per heavy atom. The summed E-state index contributed by atoms with van der Waals surface area (Å²) in [6.07, 6.45) is -0.0582. The lowest BCUT2D eigenvalue weighted by molar-refractivity contribution is -0.143. The van der Waals surface area contributed by atoms with Crippen LogP contribution in [0.5, 0.6) is 0 Å². The van der Waals surface area contributed by atoms with Crippen LogP contribution in [-0.4, -0.2) is 37.0 Å². The number of carbonyl (C=O) groups excluding carboxylic acids is 4. The number of rotatable bonds is 7. The minimum atomic E-state index is -0.851. The number of hydrogen-bond donors (Lipinski definition) is 0. The highest BCUT2D eigenvalue weighted by atomic mass is 35.5. The van der Waals surface area contributed by atoms with Crippen molar-refractivity contribution in [3.8, 4) is 0 Å². The Labute approximate surface area is 188 Å². The number of amides is 2. The van der Waals surface area contributed by atoms with Crippen molar-refractivity contribution in [1.29, 1.82) is 0 Å². The summed E-state index contributed by atoms with van der Waals surface area (Å²) >= 11 is 12.1. The smallest absolute Gasteiger partial charge is 0.377 e. The Morgan fingerprint density at radius 1 is 0.839 bits per heavy atom. The molecule has 2 aromatic rings. The van der Waals surface area contributed by atoms with E-state index in [1.165, 1.54) is 24.3 Å². The molecule has 0 saturated heterocycles. The molecule has 0 aliphatic carbocycles. The third kappa shape index (κ3) is 4.12. The van der Waals surface area contributed by atoms with Gasteiger partial charge in [0.15, 0.2) is 21.4 Å². The largest absolute Gasteiger partial charge is 0.466 e. The maximum absolute atomic E-state index is 13.1. The molecular formula is C22H18Cl2NO6+. The van der Waals surface area contributed by atoms with Gasteiger partial charge in [0.05, 0.1) is 18.6 Å². The standard InChI is InChI=1S/C22H18Cl2NO6/c1-2-30-17(26)12-13-31-22(29)14-8-10-16(11-9-14)25(15-6-4-3-5-7-15)20(27)18(23)19(24)21(25)28/h3-11H,2,12-13H2,1H3/q+1. The Bertz CT molecular complexity index is 1040. The average molecular weight is 463 g/mol. The predicted octanol–water partition coefficient (Wildman–Crippen LogP) is 4.19. The van der Waals surface area contributed by atoms with E-state index in [2.05, 4.69) is 0 Å². The van der Waals surface area contributed by atoms with E-state index in [1.807, 2.05) is 0 Å². The molecule has 0 radical (unpaired) electrons. The number of quaternary nitrogens is 1. The number of esters is 2. The normalized spacial score (nSPS) is 15.2. The zero-order valence-electron chi connectivity index (χ0n) is 16.5. The fourth-order valence-electron chi connectivity index (χ4n) is 3.21. The predicted molar refractivity (Wildman–Crippen MR) is 115 cm³/mol. The highest BCUT2D eigenvalue weighted by Crippen LogP contribution is 2.45. The number of ether oxygens (including phenoxy) is 2. The van der Waals surface area contributed by atoms with E-state index in [1.54, 1.807) is 37.3 Å². The number of imide groups is 1. The second-order valence-corrected chi connectivity index (χ2v) is 7.24. The summed E-state index contributed by atoms with van der Waals surface area (Å²) in [4.78, 5) is 49.7. The van der Waals surface area contributed by atoms with Gasteiger partial charge in [-0.2, -0.15) is 0 Å². The van der Waals surface area contributed by atoms with Crippen molar-refractivity contribution in [3.05, 3.63) is 70.2 Å². The molecule has 1 aliphatic heterocycles. The van der Waals surface area contributed by atoms with Gasteiger partial charge in [-0.05, 0) is 19.1 Å². The molecule has 31 heavy (non-hydrogen) atoms. The highest BCUT2D eigenvalue weighted by Gasteiger charge is 2.58. The minimum Gasteiger partial charge on any atom is -0.466 e. The van der Waals surface area contributed by atoms with Crippen molar-refractivity contribution in [2.75, 3.05) is 13.2 Å². The first-order valence-corrected chi connectivity index (χ1v) is 10.1. The summed E-state index contributed by atoms with van der Waals surface area (Å²) in [5.41, 5.74) is 0.803. The van der Waals surface area contributed by atoms with Crippen LogP contribution in [-0.2, 0) is 23.9 Å². The third-order valence-electron chi connectivity index (χ3n) is 4.66. The zero-order valence-corrected chi connectivity index (χ0v) is 18.0. The summed E-state index contributed by atoms with van der Waals surface area (Å²) in [6.45, 7) is 1.80. The Balaban J connectivity index is 1.88. The second-order valence-electron chi connectivity index (χ2n) is 6.48. The maximum atomic E-state index is 13.1. The Hall–Kier alpha value is -3.00. The average Bonchev–Trinajstić information content (AvgIpc) is 2.95. The van der Waals surface area contributed by atoms with E-state index < -0.39 is 28.2 Å². The molecule has 0 bridgehead atoms. The first-order chi connectivity index (χ1) is 14.8. The van der Waals surface area contributed by atoms with Crippen LogP contribution in [0.4, 0.5) is 11.4 Å². The van der Waals surface area contributed by atoms with E-state index >= 15 is 0 Å². The fourth-order valence-corrected chi connectivity index (χ4v) is 3.62. The first kappa shape index (κ1) is 22.7. The van der Waals surface area contributed by atoms with Gasteiger partial charge in [0.2, 0.25) is 0 Å². The van der Waals surface area contributed by atoms with Crippen molar-refractivity contribution < 1.29 is 28.7 Å². The second kappa shape index (κ2) is 9.43. The van der Waals surface area contributed by atoms with Gasteiger partial charge in [-0.25, -0.2) is 14.4 Å². The molecule has 7 nitrogen and oxygen atoms in total. The highest BCUT2D eigenvalue weighted by molar-refractivity contribution is 6.61. The van der Waals surface area contributed by atoms with Crippen LogP contribution in [0.1, 0.15) is 23.7 Å². The summed E-state index contributed by atoms with van der Waals surface area (Å²) in [5, 5.41) is -0.698. The van der Waals surface area contributed by atoms with Gasteiger partial charge in [0.1, 0.15) is 6.61 Å². The summed E-state index contributed by atoms with van der Waals surface area (Å²) in [7, 11) is 0. The molecule has 0 N–H and O–H groups in total. The molecule has 0 aromatic heterocycles. The number of hydrogen-bond acceptors (Lipinski definition) is 6. The summed E-state index contributed by atoms with van der Waals surface area (Å²) < 4.78 is 8.99. The van der Waals surface area contributed by atoms with E-state index in [-0.39, 0.29) is 40.9 Å². The van der Waals surface area contributed by atoms with E-state index in [4.69, 9.17) is 32.7 Å². The molecule has 0 fully saturated rings. The van der Waals surface area contributed by atoms with E-state index in [9.17, 15) is 19.2 Å². The maximum Gasteiger partial charge on any atom is 0.377 e. The molecule has 0 saturated carbocycles. The van der Waals surface area contributed by atoms with Gasteiger partial charge in [-0.15, -0.1) is 4.48 Å². The van der Waals surface area contributed by atoms with Crippen LogP contribution in [0.2, 0.25) is 0 Å². The molecule has 1 heterocycles. The molecule has 0 atom stereocenters. The fraction of sp³-hybridized carbons (Fsp3) is 0.182. The minimum absolute atomic E-state index is 0.0582. The Morgan fingerprint density at radius 2 is 1.39 bits per heavy atom. The van der Waals surface area contributed by atoms with E-state index in [0.717, 1.165) is 0 Å². The molecule has 160 valence electrons. The molecule has 0 spiro atoms.